The quantitative estimate of drug-likeness (QED) is 0.495. The number of hydrogen-bond donors (Lipinski definition) is 4. The third kappa shape index (κ3) is 5.66. The lowest BCUT2D eigenvalue weighted by Crippen LogP contribution is -2.41. The molecule has 0 aliphatic rings. The Morgan fingerprint density at radius 1 is 1.33 bits per heavy atom. The largest absolute Gasteiger partial charge is 0.480 e. The molecule has 0 bridgehead atoms. The topological polar surface area (TPSA) is 134 Å². The van der Waals surface area contributed by atoms with E-state index in [-0.39, 0.29) is 13.0 Å². The van der Waals surface area contributed by atoms with Crippen molar-refractivity contribution in [2.45, 2.75) is 25.8 Å². The second-order valence-electron chi connectivity index (χ2n) is 5.71. The van der Waals surface area contributed by atoms with E-state index in [2.05, 4.69) is 15.6 Å². The van der Waals surface area contributed by atoms with E-state index in [1.165, 1.54) is 0 Å². The molecule has 1 heterocycles. The molecule has 3 amide bonds. The fourth-order valence-electron chi connectivity index (χ4n) is 2.36. The Labute approximate surface area is 164 Å². The number of carboxylic acids is 1. The summed E-state index contributed by atoms with van der Waals surface area (Å²) in [6.45, 7) is 1.91. The molecule has 10 heteroatoms. The van der Waals surface area contributed by atoms with Gasteiger partial charge in [0.15, 0.2) is 0 Å². The molecule has 2 aromatic rings. The van der Waals surface area contributed by atoms with Gasteiger partial charge in [0.2, 0.25) is 0 Å². The van der Waals surface area contributed by atoms with E-state index in [0.717, 1.165) is 11.3 Å². The molecule has 0 saturated carbocycles. The number of carbonyl (C=O) groups excluding carboxylic acids is 2. The standard InChI is InChI=1S/C17H19ClN4O4S/c1-9-13(27-15(21-9)10-5-2-3-6-11(10)18)14(23)22-12(16(24)25)7-4-8-20-17(19)26/h2-3,5-6,12H,4,7-8H2,1H3,(H,22,23)(H,24,25)(H3,19,20,26)/t12-/m1/s1. The van der Waals surface area contributed by atoms with Crippen molar-refractivity contribution in [2.24, 2.45) is 5.73 Å². The summed E-state index contributed by atoms with van der Waals surface area (Å²) in [5.74, 6) is -1.67. The summed E-state index contributed by atoms with van der Waals surface area (Å²) >= 11 is 7.32. The van der Waals surface area contributed by atoms with E-state index in [1.54, 1.807) is 25.1 Å². The lowest BCUT2D eigenvalue weighted by Gasteiger charge is -2.14. The Morgan fingerprint density at radius 2 is 2.04 bits per heavy atom. The van der Waals surface area contributed by atoms with Gasteiger partial charge in [-0.15, -0.1) is 11.3 Å². The number of urea groups is 1. The number of halogens is 1. The Morgan fingerprint density at radius 3 is 2.67 bits per heavy atom. The maximum Gasteiger partial charge on any atom is 0.326 e. The second-order valence-corrected chi connectivity index (χ2v) is 7.12. The average molecular weight is 411 g/mol. The number of aryl methyl sites for hydroxylation is 1. The van der Waals surface area contributed by atoms with Crippen molar-refractivity contribution < 1.29 is 19.5 Å². The molecule has 8 nitrogen and oxygen atoms in total. The number of nitrogens with zero attached hydrogens (tertiary/aromatic N) is 1. The zero-order chi connectivity index (χ0) is 20.0. The molecule has 0 aliphatic heterocycles. The molecular weight excluding hydrogens is 392 g/mol. The third-order valence-electron chi connectivity index (χ3n) is 3.68. The van der Waals surface area contributed by atoms with Crippen molar-refractivity contribution in [1.82, 2.24) is 15.6 Å². The van der Waals surface area contributed by atoms with Crippen molar-refractivity contribution >= 4 is 40.8 Å². The molecule has 0 aliphatic carbocycles. The van der Waals surface area contributed by atoms with Crippen molar-refractivity contribution in [3.05, 3.63) is 39.9 Å². The maximum atomic E-state index is 12.5. The van der Waals surface area contributed by atoms with Crippen LogP contribution in [0.2, 0.25) is 5.02 Å². The van der Waals surface area contributed by atoms with Gasteiger partial charge in [0, 0.05) is 12.1 Å². The number of hydrogen-bond acceptors (Lipinski definition) is 5. The van der Waals surface area contributed by atoms with Crippen LogP contribution in [-0.2, 0) is 4.79 Å². The number of nitrogens with two attached hydrogens (primary N) is 1. The van der Waals surface area contributed by atoms with Gasteiger partial charge in [-0.3, -0.25) is 4.79 Å². The predicted octanol–water partition coefficient (Wildman–Crippen LogP) is 2.40. The minimum Gasteiger partial charge on any atom is -0.480 e. The fourth-order valence-corrected chi connectivity index (χ4v) is 3.65. The van der Waals surface area contributed by atoms with Crippen molar-refractivity contribution in [3.8, 4) is 10.6 Å². The molecule has 1 atom stereocenters. The lowest BCUT2D eigenvalue weighted by atomic mass is 10.1. The summed E-state index contributed by atoms with van der Waals surface area (Å²) in [7, 11) is 0. The summed E-state index contributed by atoms with van der Waals surface area (Å²) < 4.78 is 0. The number of aliphatic carboxylic acids is 1. The van der Waals surface area contributed by atoms with E-state index in [9.17, 15) is 19.5 Å². The highest BCUT2D eigenvalue weighted by Crippen LogP contribution is 2.32. The summed E-state index contributed by atoms with van der Waals surface area (Å²) in [5.41, 5.74) is 6.15. The molecule has 0 radical (unpaired) electrons. The van der Waals surface area contributed by atoms with E-state index in [0.29, 0.717) is 32.6 Å². The molecule has 0 unspecified atom stereocenters. The molecule has 27 heavy (non-hydrogen) atoms. The molecule has 1 aromatic heterocycles. The van der Waals surface area contributed by atoms with Gasteiger partial charge in [0.25, 0.3) is 5.91 Å². The fraction of sp³-hybridized carbons (Fsp3) is 0.294. The van der Waals surface area contributed by atoms with E-state index in [4.69, 9.17) is 17.3 Å². The van der Waals surface area contributed by atoms with Crippen LogP contribution in [0, 0.1) is 6.92 Å². The van der Waals surface area contributed by atoms with E-state index in [1.807, 2.05) is 6.07 Å². The van der Waals surface area contributed by atoms with Gasteiger partial charge in [-0.05, 0) is 25.8 Å². The number of nitrogens with one attached hydrogen (secondary N) is 2. The highest BCUT2D eigenvalue weighted by atomic mass is 35.5. The van der Waals surface area contributed by atoms with Gasteiger partial charge in [-0.2, -0.15) is 0 Å². The molecule has 0 fully saturated rings. The van der Waals surface area contributed by atoms with Crippen LogP contribution in [0.4, 0.5) is 4.79 Å². The SMILES string of the molecule is Cc1nc(-c2ccccc2Cl)sc1C(=O)N[C@H](CCCNC(N)=O)C(=O)O. The predicted molar refractivity (Wildman–Crippen MR) is 103 cm³/mol. The number of amides is 3. The van der Waals surface area contributed by atoms with Gasteiger partial charge >= 0.3 is 12.0 Å². The van der Waals surface area contributed by atoms with Gasteiger partial charge in [0.05, 0.1) is 10.7 Å². The Kier molecular flexibility index (Phi) is 7.14. The number of carboxylic acid groups (broad SMARTS) is 1. The normalized spacial score (nSPS) is 11.6. The Hall–Kier alpha value is -2.65. The van der Waals surface area contributed by atoms with Crippen LogP contribution in [0.1, 0.15) is 28.2 Å². The van der Waals surface area contributed by atoms with Crippen LogP contribution in [0.5, 0.6) is 0 Å². The minimum atomic E-state index is -1.16. The molecule has 1 aromatic carbocycles. The molecule has 5 N–H and O–H groups in total. The number of rotatable bonds is 8. The summed E-state index contributed by atoms with van der Waals surface area (Å²) in [4.78, 5) is 39.2. The number of carbonyl (C=O) groups is 3. The molecule has 0 spiro atoms. The van der Waals surface area contributed by atoms with Crippen LogP contribution >= 0.6 is 22.9 Å². The maximum absolute atomic E-state index is 12.5. The first-order chi connectivity index (χ1) is 12.8. The van der Waals surface area contributed by atoms with E-state index >= 15 is 0 Å². The minimum absolute atomic E-state index is 0.149. The number of benzene rings is 1. The van der Waals surface area contributed by atoms with Crippen LogP contribution < -0.4 is 16.4 Å². The van der Waals surface area contributed by atoms with Crippen LogP contribution in [0.3, 0.4) is 0 Å². The molecular formula is C17H19ClN4O4S. The van der Waals surface area contributed by atoms with Crippen LogP contribution in [0.25, 0.3) is 10.6 Å². The Balaban J connectivity index is 2.08. The van der Waals surface area contributed by atoms with Gasteiger partial charge in [-0.25, -0.2) is 14.6 Å². The smallest absolute Gasteiger partial charge is 0.326 e. The first kappa shape index (κ1) is 20.7. The van der Waals surface area contributed by atoms with Crippen LogP contribution in [-0.4, -0.2) is 40.6 Å². The van der Waals surface area contributed by atoms with Gasteiger partial charge < -0.3 is 21.5 Å². The van der Waals surface area contributed by atoms with Crippen molar-refractivity contribution in [3.63, 3.8) is 0 Å². The highest BCUT2D eigenvalue weighted by molar-refractivity contribution is 7.17. The molecule has 0 saturated heterocycles. The van der Waals surface area contributed by atoms with Crippen LogP contribution in [0.15, 0.2) is 24.3 Å². The first-order valence-corrected chi connectivity index (χ1v) is 9.28. The summed E-state index contributed by atoms with van der Waals surface area (Å²) in [6.07, 6.45) is 0.503. The highest BCUT2D eigenvalue weighted by Gasteiger charge is 2.23. The van der Waals surface area contributed by atoms with E-state index < -0.39 is 23.9 Å². The number of aromatic nitrogens is 1. The Bertz CT molecular complexity index is 855. The zero-order valence-electron chi connectivity index (χ0n) is 14.5. The number of primary amides is 1. The van der Waals surface area contributed by atoms with Gasteiger partial charge in [-0.1, -0.05) is 29.8 Å². The van der Waals surface area contributed by atoms with Crippen molar-refractivity contribution in [2.75, 3.05) is 6.54 Å². The molecule has 2 rings (SSSR count). The first-order valence-electron chi connectivity index (χ1n) is 8.09. The lowest BCUT2D eigenvalue weighted by molar-refractivity contribution is -0.139. The zero-order valence-corrected chi connectivity index (χ0v) is 16.1. The van der Waals surface area contributed by atoms with Crippen molar-refractivity contribution in [1.29, 1.82) is 0 Å². The van der Waals surface area contributed by atoms with Gasteiger partial charge in [0.1, 0.15) is 15.9 Å². The second kappa shape index (κ2) is 9.33. The molecule has 144 valence electrons. The summed E-state index contributed by atoms with van der Waals surface area (Å²) in [6, 6.07) is 5.38. The number of thiazole rings is 1. The average Bonchev–Trinajstić information content (AvgIpc) is 2.99. The summed E-state index contributed by atoms with van der Waals surface area (Å²) in [5, 5.41) is 15.3. The third-order valence-corrected chi connectivity index (χ3v) is 5.20. The monoisotopic (exact) mass is 410 g/mol.